The second-order valence-electron chi connectivity index (χ2n) is 5.08. The highest BCUT2D eigenvalue weighted by atomic mass is 79.9. The number of benzene rings is 1. The third-order valence-corrected chi connectivity index (χ3v) is 5.15. The molecule has 0 aromatic heterocycles. The van der Waals surface area contributed by atoms with Gasteiger partial charge in [-0.05, 0) is 60.1 Å². The van der Waals surface area contributed by atoms with Crippen LogP contribution in [0, 0.1) is 0 Å². The third-order valence-electron chi connectivity index (χ3n) is 3.93. The van der Waals surface area contributed by atoms with Crippen molar-refractivity contribution in [3.63, 3.8) is 0 Å². The van der Waals surface area contributed by atoms with Gasteiger partial charge in [-0.1, -0.05) is 11.6 Å². The molecule has 1 aromatic rings. The number of rotatable bonds is 1. The molecule has 3 rings (SSSR count). The summed E-state index contributed by atoms with van der Waals surface area (Å²) in [5.74, 6) is 0.608. The number of piperidine rings is 1. The molecule has 0 radical (unpaired) electrons. The van der Waals surface area contributed by atoms with Gasteiger partial charge in [-0.25, -0.2) is 0 Å². The largest absolute Gasteiger partial charge is 0.369 e. The second kappa shape index (κ2) is 4.96. The van der Waals surface area contributed by atoms with Crippen LogP contribution in [0.4, 0.5) is 5.69 Å². The summed E-state index contributed by atoms with van der Waals surface area (Å²) in [6, 6.07) is 5.91. The molecule has 0 saturated carbocycles. The highest BCUT2D eigenvalue weighted by molar-refractivity contribution is 9.10. The Morgan fingerprint density at radius 3 is 2.79 bits per heavy atom. The van der Waals surface area contributed by atoms with Gasteiger partial charge < -0.3 is 16.0 Å². The molecule has 6 heteroatoms. The van der Waals surface area contributed by atoms with E-state index < -0.39 is 0 Å². The lowest BCUT2D eigenvalue weighted by molar-refractivity contribution is 0.332. The predicted molar refractivity (Wildman–Crippen MR) is 83.0 cm³/mol. The SMILES string of the molecule is NC1=NCC2(CCNCC2)N1c1ccc(Cl)c(Br)c1. The maximum absolute atomic E-state index is 6.11. The van der Waals surface area contributed by atoms with Crippen LogP contribution in [-0.2, 0) is 0 Å². The fourth-order valence-corrected chi connectivity index (χ4v) is 3.40. The van der Waals surface area contributed by atoms with Crippen LogP contribution in [-0.4, -0.2) is 31.1 Å². The third kappa shape index (κ3) is 2.24. The summed E-state index contributed by atoms with van der Waals surface area (Å²) in [6.07, 6.45) is 2.11. The van der Waals surface area contributed by atoms with E-state index in [4.69, 9.17) is 17.3 Å². The Morgan fingerprint density at radius 2 is 2.11 bits per heavy atom. The summed E-state index contributed by atoms with van der Waals surface area (Å²) < 4.78 is 0.885. The van der Waals surface area contributed by atoms with Crippen molar-refractivity contribution < 1.29 is 0 Å². The molecule has 2 aliphatic rings. The fraction of sp³-hybridized carbons (Fsp3) is 0.462. The van der Waals surface area contributed by atoms with Gasteiger partial charge in [0.2, 0.25) is 0 Å². The number of anilines is 1. The standard InChI is InChI=1S/C13H16BrClN4/c14-10-7-9(1-2-11(10)15)19-12(16)18-8-13(19)3-5-17-6-4-13/h1-2,7,17H,3-6,8H2,(H2,16,18). The van der Waals surface area contributed by atoms with Crippen LogP contribution in [0.1, 0.15) is 12.8 Å². The zero-order valence-corrected chi connectivity index (χ0v) is 12.8. The van der Waals surface area contributed by atoms with Gasteiger partial charge in [0.05, 0.1) is 17.1 Å². The lowest BCUT2D eigenvalue weighted by Crippen LogP contribution is -2.57. The minimum Gasteiger partial charge on any atom is -0.369 e. The molecule has 0 aliphatic carbocycles. The van der Waals surface area contributed by atoms with E-state index in [-0.39, 0.29) is 5.54 Å². The van der Waals surface area contributed by atoms with Crippen LogP contribution in [0.5, 0.6) is 0 Å². The van der Waals surface area contributed by atoms with E-state index in [1.54, 1.807) is 0 Å². The van der Waals surface area contributed by atoms with E-state index in [0.717, 1.165) is 42.6 Å². The van der Waals surface area contributed by atoms with Crippen molar-refractivity contribution in [2.45, 2.75) is 18.4 Å². The van der Waals surface area contributed by atoms with Crippen molar-refractivity contribution in [1.29, 1.82) is 0 Å². The Morgan fingerprint density at radius 1 is 1.37 bits per heavy atom. The molecule has 2 aliphatic heterocycles. The molecule has 1 saturated heterocycles. The molecule has 1 aromatic carbocycles. The number of nitrogens with one attached hydrogen (secondary N) is 1. The average molecular weight is 344 g/mol. The normalized spacial score (nSPS) is 21.8. The molecule has 0 amide bonds. The summed E-state index contributed by atoms with van der Waals surface area (Å²) in [6.45, 7) is 2.79. The minimum absolute atomic E-state index is 0.0304. The molecule has 0 unspecified atom stereocenters. The maximum atomic E-state index is 6.11. The van der Waals surface area contributed by atoms with Crippen molar-refractivity contribution in [3.8, 4) is 0 Å². The number of guanidine groups is 1. The zero-order chi connectivity index (χ0) is 13.5. The summed E-state index contributed by atoms with van der Waals surface area (Å²) in [5.41, 5.74) is 7.19. The van der Waals surface area contributed by atoms with Crippen LogP contribution in [0.3, 0.4) is 0 Å². The smallest absolute Gasteiger partial charge is 0.196 e. The van der Waals surface area contributed by atoms with E-state index in [9.17, 15) is 0 Å². The van der Waals surface area contributed by atoms with E-state index in [1.165, 1.54) is 0 Å². The lowest BCUT2D eigenvalue weighted by atomic mass is 9.87. The number of nitrogens with two attached hydrogens (primary N) is 1. The Labute approximate surface area is 126 Å². The summed E-state index contributed by atoms with van der Waals surface area (Å²) >= 11 is 9.54. The van der Waals surface area contributed by atoms with Gasteiger partial charge >= 0.3 is 0 Å². The lowest BCUT2D eigenvalue weighted by Gasteiger charge is -2.42. The van der Waals surface area contributed by atoms with Gasteiger partial charge in [0.15, 0.2) is 5.96 Å². The van der Waals surface area contributed by atoms with Crippen molar-refractivity contribution in [2.75, 3.05) is 24.5 Å². The van der Waals surface area contributed by atoms with E-state index in [0.29, 0.717) is 11.0 Å². The zero-order valence-electron chi connectivity index (χ0n) is 10.5. The molecule has 102 valence electrons. The summed E-state index contributed by atoms with van der Waals surface area (Å²) in [5, 5.41) is 4.10. The van der Waals surface area contributed by atoms with Crippen LogP contribution in [0.25, 0.3) is 0 Å². The van der Waals surface area contributed by atoms with E-state index in [2.05, 4.69) is 31.1 Å². The molecule has 2 heterocycles. The first-order chi connectivity index (χ1) is 9.12. The molecule has 19 heavy (non-hydrogen) atoms. The van der Waals surface area contributed by atoms with Gasteiger partial charge in [0.1, 0.15) is 0 Å². The van der Waals surface area contributed by atoms with Crippen molar-refractivity contribution in [1.82, 2.24) is 5.32 Å². The first-order valence-electron chi connectivity index (χ1n) is 6.38. The monoisotopic (exact) mass is 342 g/mol. The number of nitrogens with zero attached hydrogens (tertiary/aromatic N) is 2. The highest BCUT2D eigenvalue weighted by Gasteiger charge is 2.43. The van der Waals surface area contributed by atoms with Gasteiger partial charge in [0, 0.05) is 10.2 Å². The van der Waals surface area contributed by atoms with Crippen molar-refractivity contribution in [2.24, 2.45) is 10.7 Å². The first kappa shape index (κ1) is 13.2. The molecule has 4 nitrogen and oxygen atoms in total. The Balaban J connectivity index is 1.99. The van der Waals surface area contributed by atoms with Gasteiger partial charge in [0.25, 0.3) is 0 Å². The molecular weight excluding hydrogens is 328 g/mol. The molecule has 1 fully saturated rings. The Bertz CT molecular complexity index is 525. The first-order valence-corrected chi connectivity index (χ1v) is 7.55. The van der Waals surface area contributed by atoms with Gasteiger partial charge in [-0.3, -0.25) is 4.99 Å². The number of aliphatic imine (C=N–C) groups is 1. The maximum Gasteiger partial charge on any atom is 0.196 e. The molecule has 0 bridgehead atoms. The molecule has 0 atom stereocenters. The average Bonchev–Trinajstić information content (AvgIpc) is 2.71. The van der Waals surface area contributed by atoms with Gasteiger partial charge in [-0.15, -0.1) is 0 Å². The Kier molecular flexibility index (Phi) is 3.45. The van der Waals surface area contributed by atoms with Crippen LogP contribution in [0.15, 0.2) is 27.7 Å². The second-order valence-corrected chi connectivity index (χ2v) is 6.34. The van der Waals surface area contributed by atoms with Gasteiger partial charge in [-0.2, -0.15) is 0 Å². The quantitative estimate of drug-likeness (QED) is 0.823. The van der Waals surface area contributed by atoms with E-state index >= 15 is 0 Å². The number of hydrogen-bond acceptors (Lipinski definition) is 4. The molecular formula is C13H16BrClN4. The minimum atomic E-state index is 0.0304. The van der Waals surface area contributed by atoms with E-state index in [1.807, 2.05) is 18.2 Å². The predicted octanol–water partition coefficient (Wildman–Crippen LogP) is 2.36. The highest BCUT2D eigenvalue weighted by Crippen LogP contribution is 2.37. The van der Waals surface area contributed by atoms with Crippen molar-refractivity contribution in [3.05, 3.63) is 27.7 Å². The number of halogens is 2. The molecule has 3 N–H and O–H groups in total. The number of hydrogen-bond donors (Lipinski definition) is 2. The topological polar surface area (TPSA) is 53.6 Å². The van der Waals surface area contributed by atoms with Crippen LogP contribution >= 0.6 is 27.5 Å². The summed E-state index contributed by atoms with van der Waals surface area (Å²) in [7, 11) is 0. The fourth-order valence-electron chi connectivity index (χ4n) is 2.92. The van der Waals surface area contributed by atoms with Crippen LogP contribution < -0.4 is 16.0 Å². The van der Waals surface area contributed by atoms with Crippen molar-refractivity contribution >= 4 is 39.2 Å². The molecule has 1 spiro atoms. The van der Waals surface area contributed by atoms with Crippen LogP contribution in [0.2, 0.25) is 5.02 Å². The summed E-state index contributed by atoms with van der Waals surface area (Å²) in [4.78, 5) is 6.64. The Hall–Kier alpha value is -0.780.